The monoisotopic (exact) mass is 503 g/mol. The third-order valence-corrected chi connectivity index (χ3v) is 5.58. The van der Waals surface area contributed by atoms with Gasteiger partial charge >= 0.3 is 11.9 Å². The van der Waals surface area contributed by atoms with Crippen LogP contribution in [-0.4, -0.2) is 25.6 Å². The summed E-state index contributed by atoms with van der Waals surface area (Å²) in [6, 6.07) is 15.4. The summed E-state index contributed by atoms with van der Waals surface area (Å²) in [6.45, 7) is 1.33. The molecule has 0 aliphatic carbocycles. The van der Waals surface area contributed by atoms with E-state index in [1.54, 1.807) is 24.3 Å². The van der Waals surface area contributed by atoms with Gasteiger partial charge in [0.05, 0.1) is 19.4 Å². The summed E-state index contributed by atoms with van der Waals surface area (Å²) in [6.07, 6.45) is 0. The molecule has 0 spiro atoms. The van der Waals surface area contributed by atoms with E-state index in [0.29, 0.717) is 27.1 Å². The van der Waals surface area contributed by atoms with Gasteiger partial charge in [0, 0.05) is 21.3 Å². The van der Waals surface area contributed by atoms with E-state index in [0.717, 1.165) is 10.8 Å². The predicted octanol–water partition coefficient (Wildman–Crippen LogP) is 6.71. The second kappa shape index (κ2) is 8.78. The Balaban J connectivity index is 1.85. The lowest BCUT2D eigenvalue weighted by Gasteiger charge is -2.28. The molecule has 1 atom stereocenters. The van der Waals surface area contributed by atoms with Crippen LogP contribution in [0.4, 0.5) is 14.5 Å². The normalized spacial score (nSPS) is 12.7. The van der Waals surface area contributed by atoms with Crippen LogP contribution in [0.2, 0.25) is 0 Å². The molecule has 1 heterocycles. The quantitative estimate of drug-likeness (QED) is 0.284. The third-order valence-electron chi connectivity index (χ3n) is 5.09. The number of fused-ring (bicyclic) bond motifs is 3. The van der Waals surface area contributed by atoms with Crippen molar-refractivity contribution >= 4 is 49.5 Å². The second-order valence-electron chi connectivity index (χ2n) is 7.12. The van der Waals surface area contributed by atoms with Crippen LogP contribution in [0.3, 0.4) is 0 Å². The minimum Gasteiger partial charge on any atom is -0.494 e. The van der Waals surface area contributed by atoms with Gasteiger partial charge in [-0.2, -0.15) is 8.78 Å². The molecular formula is C24H20BrF2NO4. The molecule has 0 radical (unpaired) electrons. The molecule has 166 valence electrons. The maximum atomic E-state index is 15.3. The number of nitrogens with one attached hydrogen (secondary N) is 1. The van der Waals surface area contributed by atoms with Crippen molar-refractivity contribution in [3.05, 3.63) is 70.7 Å². The van der Waals surface area contributed by atoms with Crippen molar-refractivity contribution in [1.82, 2.24) is 0 Å². The Kier molecular flexibility index (Phi) is 6.06. The smallest absolute Gasteiger partial charge is 0.379 e. The fourth-order valence-electron chi connectivity index (χ4n) is 3.60. The maximum Gasteiger partial charge on any atom is 0.379 e. The van der Waals surface area contributed by atoms with Gasteiger partial charge in [0.1, 0.15) is 23.0 Å². The Labute approximate surface area is 191 Å². The van der Waals surface area contributed by atoms with Gasteiger partial charge in [-0.1, -0.05) is 46.3 Å². The zero-order valence-corrected chi connectivity index (χ0v) is 18.9. The van der Waals surface area contributed by atoms with Crippen LogP contribution in [-0.2, 0) is 9.53 Å². The van der Waals surface area contributed by atoms with E-state index in [1.165, 1.54) is 26.2 Å². The molecule has 0 saturated heterocycles. The summed E-state index contributed by atoms with van der Waals surface area (Å²) in [5.74, 6) is -5.16. The van der Waals surface area contributed by atoms with Crippen LogP contribution in [0.15, 0.2) is 69.6 Å². The molecule has 0 bridgehead atoms. The average molecular weight is 504 g/mol. The number of benzene rings is 3. The van der Waals surface area contributed by atoms with E-state index < -0.39 is 17.9 Å². The summed E-state index contributed by atoms with van der Waals surface area (Å²) in [5, 5.41) is 4.40. The van der Waals surface area contributed by atoms with Gasteiger partial charge in [0.2, 0.25) is 0 Å². The van der Waals surface area contributed by atoms with Crippen molar-refractivity contribution in [2.45, 2.75) is 18.9 Å². The van der Waals surface area contributed by atoms with Crippen molar-refractivity contribution in [3.63, 3.8) is 0 Å². The second-order valence-corrected chi connectivity index (χ2v) is 8.04. The number of hydrogen-bond acceptors (Lipinski definition) is 5. The number of carbonyl (C=O) groups excluding carboxylic acids is 1. The highest BCUT2D eigenvalue weighted by molar-refractivity contribution is 9.10. The van der Waals surface area contributed by atoms with Gasteiger partial charge < -0.3 is 19.2 Å². The zero-order valence-electron chi connectivity index (χ0n) is 17.3. The minimum absolute atomic E-state index is 0.157. The summed E-state index contributed by atoms with van der Waals surface area (Å²) in [7, 11) is 1.44. The molecule has 4 aromatic rings. The van der Waals surface area contributed by atoms with E-state index in [-0.39, 0.29) is 12.2 Å². The lowest BCUT2D eigenvalue weighted by molar-refractivity contribution is -0.173. The van der Waals surface area contributed by atoms with Gasteiger partial charge in [-0.25, -0.2) is 4.79 Å². The minimum atomic E-state index is -3.85. The molecule has 0 aliphatic rings. The molecular weight excluding hydrogens is 484 g/mol. The first-order valence-electron chi connectivity index (χ1n) is 9.91. The Morgan fingerprint density at radius 3 is 2.59 bits per heavy atom. The number of halogens is 3. The highest BCUT2D eigenvalue weighted by Gasteiger charge is 2.50. The SMILES string of the molecule is CCOC(=O)C(F)(F)[C@H](Nc1cc2c(cc1OC)oc1ccccc12)c1cccc(Br)c1. The van der Waals surface area contributed by atoms with Gasteiger partial charge in [-0.05, 0) is 36.8 Å². The Morgan fingerprint density at radius 2 is 1.88 bits per heavy atom. The first-order valence-corrected chi connectivity index (χ1v) is 10.7. The van der Waals surface area contributed by atoms with Crippen LogP contribution in [0.1, 0.15) is 18.5 Å². The maximum absolute atomic E-state index is 15.3. The number of para-hydroxylation sites is 1. The largest absolute Gasteiger partial charge is 0.494 e. The Bertz CT molecular complexity index is 1290. The molecule has 0 saturated carbocycles. The molecule has 5 nitrogen and oxygen atoms in total. The topological polar surface area (TPSA) is 60.7 Å². The number of esters is 1. The van der Waals surface area contributed by atoms with Crippen molar-refractivity contribution < 1.29 is 27.5 Å². The average Bonchev–Trinajstić information content (AvgIpc) is 3.14. The number of alkyl halides is 2. The molecule has 8 heteroatoms. The number of methoxy groups -OCH3 is 1. The molecule has 1 N–H and O–H groups in total. The van der Waals surface area contributed by atoms with Crippen LogP contribution < -0.4 is 10.1 Å². The number of anilines is 1. The molecule has 3 aromatic carbocycles. The third kappa shape index (κ3) is 4.02. The van der Waals surface area contributed by atoms with Crippen molar-refractivity contribution in [2.75, 3.05) is 19.0 Å². The van der Waals surface area contributed by atoms with E-state index >= 15 is 8.78 Å². The first-order chi connectivity index (χ1) is 15.3. The van der Waals surface area contributed by atoms with Gasteiger partial charge in [-0.3, -0.25) is 0 Å². The lowest BCUT2D eigenvalue weighted by Crippen LogP contribution is -2.41. The molecule has 32 heavy (non-hydrogen) atoms. The standard InChI is InChI=1S/C24H20BrF2NO4/c1-3-31-23(29)24(26,27)22(14-7-6-8-15(25)11-14)28-18-12-17-16-9-4-5-10-19(16)32-20(17)13-21(18)30-2/h4-13,22,28H,3H2,1-2H3/t22-/m1/s1. The van der Waals surface area contributed by atoms with Crippen LogP contribution in [0, 0.1) is 0 Å². The fraction of sp³-hybridized carbons (Fsp3) is 0.208. The molecule has 0 fully saturated rings. The van der Waals surface area contributed by atoms with Gasteiger partial charge in [0.25, 0.3) is 0 Å². The summed E-state index contributed by atoms with van der Waals surface area (Å²) in [4.78, 5) is 12.2. The molecule has 0 amide bonds. The van der Waals surface area contributed by atoms with E-state index in [1.807, 2.05) is 24.3 Å². The van der Waals surface area contributed by atoms with Crippen molar-refractivity contribution in [1.29, 1.82) is 0 Å². The van der Waals surface area contributed by atoms with Crippen LogP contribution >= 0.6 is 15.9 Å². The highest BCUT2D eigenvalue weighted by Crippen LogP contribution is 2.41. The van der Waals surface area contributed by atoms with E-state index in [4.69, 9.17) is 9.15 Å². The summed E-state index contributed by atoms with van der Waals surface area (Å²) < 4.78 is 47.2. The zero-order chi connectivity index (χ0) is 22.9. The highest BCUT2D eigenvalue weighted by atomic mass is 79.9. The van der Waals surface area contributed by atoms with Crippen molar-refractivity contribution in [3.8, 4) is 5.75 Å². The van der Waals surface area contributed by atoms with E-state index in [9.17, 15) is 4.79 Å². The molecule has 1 aromatic heterocycles. The van der Waals surface area contributed by atoms with Gasteiger partial charge in [0.15, 0.2) is 0 Å². The van der Waals surface area contributed by atoms with E-state index in [2.05, 4.69) is 26.0 Å². The van der Waals surface area contributed by atoms with Crippen molar-refractivity contribution in [2.24, 2.45) is 0 Å². The molecule has 0 aliphatic heterocycles. The summed E-state index contributed by atoms with van der Waals surface area (Å²) >= 11 is 3.31. The number of furan rings is 1. The number of hydrogen-bond donors (Lipinski definition) is 1. The predicted molar refractivity (Wildman–Crippen MR) is 122 cm³/mol. The molecule has 0 unspecified atom stereocenters. The Hall–Kier alpha value is -3.13. The number of ether oxygens (including phenoxy) is 2. The summed E-state index contributed by atoms with van der Waals surface area (Å²) in [5.41, 5.74) is 1.73. The lowest BCUT2D eigenvalue weighted by atomic mass is 9.99. The molecule has 4 rings (SSSR count). The van der Waals surface area contributed by atoms with Crippen LogP contribution in [0.25, 0.3) is 21.9 Å². The Morgan fingerprint density at radius 1 is 1.09 bits per heavy atom. The van der Waals surface area contributed by atoms with Crippen LogP contribution in [0.5, 0.6) is 5.75 Å². The number of rotatable bonds is 7. The number of carbonyl (C=O) groups is 1. The first kappa shape index (κ1) is 22.1. The fourth-order valence-corrected chi connectivity index (χ4v) is 4.02. The van der Waals surface area contributed by atoms with Gasteiger partial charge in [-0.15, -0.1) is 0 Å².